The topological polar surface area (TPSA) is 67.2 Å². The zero-order chi connectivity index (χ0) is 16.2. The lowest BCUT2D eigenvalue weighted by molar-refractivity contribution is -0.139. The summed E-state index contributed by atoms with van der Waals surface area (Å²) in [5, 5.41) is 13.2. The molecule has 0 fully saturated rings. The van der Waals surface area contributed by atoms with Crippen molar-refractivity contribution in [3.8, 4) is 0 Å². The molecule has 0 aliphatic carbocycles. The number of aliphatic carboxylic acids is 1. The van der Waals surface area contributed by atoms with E-state index in [-0.39, 0.29) is 0 Å². The molecule has 118 valence electrons. The molecule has 3 aromatic rings. The van der Waals surface area contributed by atoms with Crippen molar-refractivity contribution in [1.29, 1.82) is 0 Å². The SMILES string of the molecule is CN[C@@H](Cc1cn(Cc2cccnc2)c2ccccc12)C(=O)O. The monoisotopic (exact) mass is 309 g/mol. The molecule has 0 radical (unpaired) electrons. The van der Waals surface area contributed by atoms with E-state index in [4.69, 9.17) is 0 Å². The van der Waals surface area contributed by atoms with E-state index in [0.717, 1.165) is 22.0 Å². The van der Waals surface area contributed by atoms with Crippen molar-refractivity contribution in [2.45, 2.75) is 19.0 Å². The molecule has 5 heteroatoms. The fourth-order valence-electron chi connectivity index (χ4n) is 2.84. The second kappa shape index (κ2) is 6.62. The first-order valence-corrected chi connectivity index (χ1v) is 7.54. The normalized spacial score (nSPS) is 12.4. The van der Waals surface area contributed by atoms with E-state index >= 15 is 0 Å². The standard InChI is InChI=1S/C18H19N3O2/c1-19-16(18(22)23)9-14-12-21(11-13-5-4-8-20-10-13)17-7-3-2-6-15(14)17/h2-8,10,12,16,19H,9,11H2,1H3,(H,22,23)/t16-/m0/s1. The third-order valence-electron chi connectivity index (χ3n) is 4.02. The number of para-hydroxylation sites is 1. The van der Waals surface area contributed by atoms with Crippen LogP contribution in [0.3, 0.4) is 0 Å². The van der Waals surface area contributed by atoms with Crippen LogP contribution in [0.15, 0.2) is 55.0 Å². The van der Waals surface area contributed by atoms with E-state index in [0.29, 0.717) is 13.0 Å². The van der Waals surface area contributed by atoms with Gasteiger partial charge in [0.05, 0.1) is 0 Å². The number of carboxylic acids is 1. The highest BCUT2D eigenvalue weighted by molar-refractivity contribution is 5.85. The van der Waals surface area contributed by atoms with E-state index in [2.05, 4.69) is 20.9 Å². The van der Waals surface area contributed by atoms with Gasteiger partial charge in [-0.15, -0.1) is 0 Å². The van der Waals surface area contributed by atoms with Crippen molar-refractivity contribution >= 4 is 16.9 Å². The van der Waals surface area contributed by atoms with Crippen LogP contribution in [0, 0.1) is 0 Å². The second-order valence-electron chi connectivity index (χ2n) is 5.54. The van der Waals surface area contributed by atoms with Gasteiger partial charge in [-0.05, 0) is 30.3 Å². The Morgan fingerprint density at radius 2 is 2.13 bits per heavy atom. The maximum Gasteiger partial charge on any atom is 0.321 e. The molecule has 0 aliphatic heterocycles. The van der Waals surface area contributed by atoms with Gasteiger partial charge in [0.25, 0.3) is 0 Å². The number of aromatic nitrogens is 2. The summed E-state index contributed by atoms with van der Waals surface area (Å²) in [6, 6.07) is 11.4. The fraction of sp³-hybridized carbons (Fsp3) is 0.222. The third-order valence-corrected chi connectivity index (χ3v) is 4.02. The van der Waals surface area contributed by atoms with Crippen LogP contribution < -0.4 is 5.32 Å². The Bertz CT molecular complexity index is 812. The minimum absolute atomic E-state index is 0.451. The largest absolute Gasteiger partial charge is 0.480 e. The molecule has 2 N–H and O–H groups in total. The molecule has 0 saturated carbocycles. The summed E-state index contributed by atoms with van der Waals surface area (Å²) in [4.78, 5) is 15.4. The number of pyridine rings is 1. The first kappa shape index (κ1) is 15.2. The maximum atomic E-state index is 11.3. The van der Waals surface area contributed by atoms with Crippen molar-refractivity contribution in [2.75, 3.05) is 7.05 Å². The van der Waals surface area contributed by atoms with E-state index in [1.165, 1.54) is 0 Å². The number of likely N-dealkylation sites (N-methyl/N-ethyl adjacent to an activating group) is 1. The highest BCUT2D eigenvalue weighted by Crippen LogP contribution is 2.23. The van der Waals surface area contributed by atoms with Crippen LogP contribution in [0.5, 0.6) is 0 Å². The molecular weight excluding hydrogens is 290 g/mol. The molecule has 23 heavy (non-hydrogen) atoms. The van der Waals surface area contributed by atoms with Crippen molar-refractivity contribution in [1.82, 2.24) is 14.9 Å². The molecule has 2 aromatic heterocycles. The van der Waals surface area contributed by atoms with E-state index in [1.807, 2.05) is 42.7 Å². The molecule has 5 nitrogen and oxygen atoms in total. The molecule has 0 bridgehead atoms. The number of nitrogens with zero attached hydrogens (tertiary/aromatic N) is 2. The van der Waals surface area contributed by atoms with Crippen molar-refractivity contribution in [3.05, 3.63) is 66.1 Å². The van der Waals surface area contributed by atoms with Crippen molar-refractivity contribution in [3.63, 3.8) is 0 Å². The number of fused-ring (bicyclic) bond motifs is 1. The van der Waals surface area contributed by atoms with Crippen LogP contribution in [0.2, 0.25) is 0 Å². The van der Waals surface area contributed by atoms with Gasteiger partial charge in [0.15, 0.2) is 0 Å². The van der Waals surface area contributed by atoms with Crippen LogP contribution in [0.25, 0.3) is 10.9 Å². The van der Waals surface area contributed by atoms with E-state index in [1.54, 1.807) is 13.2 Å². The number of nitrogens with one attached hydrogen (secondary N) is 1. The molecule has 0 unspecified atom stereocenters. The van der Waals surface area contributed by atoms with Gasteiger partial charge in [0.1, 0.15) is 6.04 Å². The summed E-state index contributed by atoms with van der Waals surface area (Å²) in [6.45, 7) is 0.714. The Hall–Kier alpha value is -2.66. The van der Waals surface area contributed by atoms with Gasteiger partial charge in [-0.25, -0.2) is 0 Å². The molecule has 0 aliphatic rings. The predicted molar refractivity (Wildman–Crippen MR) is 89.5 cm³/mol. The Morgan fingerprint density at radius 3 is 2.83 bits per heavy atom. The molecule has 1 atom stereocenters. The van der Waals surface area contributed by atoms with Crippen LogP contribution >= 0.6 is 0 Å². The van der Waals surface area contributed by atoms with Gasteiger partial charge in [-0.2, -0.15) is 0 Å². The highest BCUT2D eigenvalue weighted by atomic mass is 16.4. The van der Waals surface area contributed by atoms with Gasteiger partial charge in [-0.3, -0.25) is 9.78 Å². The summed E-state index contributed by atoms with van der Waals surface area (Å²) in [7, 11) is 1.67. The predicted octanol–water partition coefficient (Wildman–Crippen LogP) is 2.30. The lowest BCUT2D eigenvalue weighted by Gasteiger charge is -2.09. The number of hydrogen-bond acceptors (Lipinski definition) is 3. The zero-order valence-electron chi connectivity index (χ0n) is 12.9. The minimum Gasteiger partial charge on any atom is -0.480 e. The Kier molecular flexibility index (Phi) is 4.39. The zero-order valence-corrected chi connectivity index (χ0v) is 12.9. The number of benzene rings is 1. The van der Waals surface area contributed by atoms with Gasteiger partial charge >= 0.3 is 5.97 Å². The Morgan fingerprint density at radius 1 is 1.30 bits per heavy atom. The average Bonchev–Trinajstić information content (AvgIpc) is 2.91. The first-order valence-electron chi connectivity index (χ1n) is 7.54. The summed E-state index contributed by atoms with van der Waals surface area (Å²) < 4.78 is 2.15. The van der Waals surface area contributed by atoms with Crippen molar-refractivity contribution < 1.29 is 9.90 Å². The Balaban J connectivity index is 1.98. The molecule has 0 amide bonds. The number of carboxylic acid groups (broad SMARTS) is 1. The molecule has 0 saturated heterocycles. The van der Waals surface area contributed by atoms with Gasteiger partial charge in [0.2, 0.25) is 0 Å². The summed E-state index contributed by atoms with van der Waals surface area (Å²) >= 11 is 0. The summed E-state index contributed by atoms with van der Waals surface area (Å²) in [6.07, 6.45) is 6.10. The van der Waals surface area contributed by atoms with Crippen LogP contribution in [-0.4, -0.2) is 33.7 Å². The fourth-order valence-corrected chi connectivity index (χ4v) is 2.84. The molecule has 2 heterocycles. The highest BCUT2D eigenvalue weighted by Gasteiger charge is 2.18. The molecule has 3 rings (SSSR count). The van der Waals surface area contributed by atoms with Gasteiger partial charge < -0.3 is 15.0 Å². The number of hydrogen-bond donors (Lipinski definition) is 2. The molecular formula is C18H19N3O2. The maximum absolute atomic E-state index is 11.3. The number of rotatable bonds is 6. The Labute approximate surface area is 134 Å². The minimum atomic E-state index is -0.836. The van der Waals surface area contributed by atoms with Crippen LogP contribution in [-0.2, 0) is 17.8 Å². The quantitative estimate of drug-likeness (QED) is 0.733. The lowest BCUT2D eigenvalue weighted by atomic mass is 10.1. The van der Waals surface area contributed by atoms with Crippen LogP contribution in [0.4, 0.5) is 0 Å². The molecule has 0 spiro atoms. The second-order valence-corrected chi connectivity index (χ2v) is 5.54. The van der Waals surface area contributed by atoms with Gasteiger partial charge in [0, 0.05) is 42.5 Å². The van der Waals surface area contributed by atoms with E-state index in [9.17, 15) is 9.90 Å². The smallest absolute Gasteiger partial charge is 0.321 e. The molecule has 1 aromatic carbocycles. The average molecular weight is 309 g/mol. The third kappa shape index (κ3) is 3.24. The summed E-state index contributed by atoms with van der Waals surface area (Å²) in [5.41, 5.74) is 3.25. The summed E-state index contributed by atoms with van der Waals surface area (Å²) in [5.74, 6) is -0.836. The van der Waals surface area contributed by atoms with Crippen molar-refractivity contribution in [2.24, 2.45) is 0 Å². The van der Waals surface area contributed by atoms with Crippen LogP contribution in [0.1, 0.15) is 11.1 Å². The number of carbonyl (C=O) groups is 1. The van der Waals surface area contributed by atoms with Gasteiger partial charge in [-0.1, -0.05) is 24.3 Å². The first-order chi connectivity index (χ1) is 11.2. The van der Waals surface area contributed by atoms with E-state index < -0.39 is 12.0 Å². The lowest BCUT2D eigenvalue weighted by Crippen LogP contribution is -2.35.